The number of hydrogen-bond acceptors (Lipinski definition) is 8. The van der Waals surface area contributed by atoms with Crippen LogP contribution in [0.3, 0.4) is 0 Å². The number of aliphatic imine (C=N–C) groups is 4. The third kappa shape index (κ3) is 5.21. The van der Waals surface area contributed by atoms with Crippen LogP contribution in [0.15, 0.2) is 190 Å². The van der Waals surface area contributed by atoms with Crippen molar-refractivity contribution in [1.29, 1.82) is 0 Å². The van der Waals surface area contributed by atoms with E-state index >= 15 is 0 Å². The Morgan fingerprint density at radius 3 is 0.827 bits per heavy atom. The highest BCUT2D eigenvalue weighted by Crippen LogP contribution is 2.57. The van der Waals surface area contributed by atoms with Gasteiger partial charge in [-0.1, -0.05) is 146 Å². The fraction of sp³-hybridized carbons (Fsp3) is 0.0476. The van der Waals surface area contributed by atoms with Crippen LogP contribution in [0.2, 0.25) is 0 Å². The van der Waals surface area contributed by atoms with Gasteiger partial charge in [-0.25, -0.2) is 20.0 Å². The Kier molecular flexibility index (Phi) is 7.96. The first kappa shape index (κ1) is 32.0. The molecule has 250 valence electrons. The molecule has 0 aliphatic carbocycles. The highest BCUT2D eigenvalue weighted by Gasteiger charge is 2.64. The fourth-order valence-corrected chi connectivity index (χ4v) is 6.88. The number of nitro benzene ring substituents is 2. The average Bonchev–Trinajstić information content (AvgIpc) is 3.82. The van der Waals surface area contributed by atoms with Gasteiger partial charge in [-0.2, -0.15) is 0 Å². The van der Waals surface area contributed by atoms with Gasteiger partial charge >= 0.3 is 0 Å². The van der Waals surface area contributed by atoms with Crippen LogP contribution in [0.4, 0.5) is 11.4 Å². The van der Waals surface area contributed by atoms with Crippen LogP contribution < -0.4 is 0 Å². The predicted octanol–water partition coefficient (Wildman–Crippen LogP) is 8.49. The number of para-hydroxylation sites is 2. The van der Waals surface area contributed by atoms with Crippen molar-refractivity contribution < 1.29 is 9.85 Å². The van der Waals surface area contributed by atoms with Crippen molar-refractivity contribution in [2.75, 3.05) is 0 Å². The second kappa shape index (κ2) is 12.9. The lowest BCUT2D eigenvalue weighted by molar-refractivity contribution is -0.387. The minimum Gasteiger partial charge on any atom is -0.258 e. The highest BCUT2D eigenvalue weighted by molar-refractivity contribution is 6.55. The first-order chi connectivity index (χ1) is 25.4. The zero-order chi connectivity index (χ0) is 35.7. The predicted molar refractivity (Wildman–Crippen MR) is 201 cm³/mol. The molecular weight excluding hydrogens is 652 g/mol. The Morgan fingerprint density at radius 1 is 0.346 bits per heavy atom. The van der Waals surface area contributed by atoms with Crippen molar-refractivity contribution >= 4 is 34.2 Å². The van der Waals surface area contributed by atoms with E-state index in [-0.39, 0.29) is 22.5 Å². The lowest BCUT2D eigenvalue weighted by Gasteiger charge is -2.37. The normalized spacial score (nSPS) is 15.6. The summed E-state index contributed by atoms with van der Waals surface area (Å²) in [6.45, 7) is 0. The van der Waals surface area contributed by atoms with Crippen molar-refractivity contribution in [2.45, 2.75) is 11.3 Å². The molecule has 52 heavy (non-hydrogen) atoms. The summed E-state index contributed by atoms with van der Waals surface area (Å²) in [4.78, 5) is 46.6. The molecule has 0 N–H and O–H groups in total. The molecule has 2 heterocycles. The third-order valence-corrected chi connectivity index (χ3v) is 9.17. The maximum atomic E-state index is 13.0. The van der Waals surface area contributed by atoms with Crippen LogP contribution in [0, 0.1) is 20.2 Å². The number of nitrogens with zero attached hydrogens (tertiary/aromatic N) is 6. The quantitative estimate of drug-likeness (QED) is 0.112. The molecule has 2 aliphatic rings. The second-order valence-electron chi connectivity index (χ2n) is 12.2. The number of rotatable bonds is 9. The van der Waals surface area contributed by atoms with Crippen LogP contribution >= 0.6 is 0 Å². The van der Waals surface area contributed by atoms with Crippen molar-refractivity contribution in [2.24, 2.45) is 20.0 Å². The van der Waals surface area contributed by atoms with Crippen LogP contribution in [0.5, 0.6) is 0 Å². The lowest BCUT2D eigenvalue weighted by Crippen LogP contribution is -2.44. The van der Waals surface area contributed by atoms with E-state index in [1.807, 2.05) is 121 Å². The molecule has 6 aromatic carbocycles. The second-order valence-corrected chi connectivity index (χ2v) is 12.2. The summed E-state index contributed by atoms with van der Waals surface area (Å²) in [7, 11) is 0. The first-order valence-corrected chi connectivity index (χ1v) is 16.5. The molecule has 0 fully saturated rings. The highest BCUT2D eigenvalue weighted by atomic mass is 16.6. The molecule has 10 heteroatoms. The van der Waals surface area contributed by atoms with E-state index in [9.17, 15) is 20.2 Å². The third-order valence-electron chi connectivity index (χ3n) is 9.17. The molecule has 0 radical (unpaired) electrons. The molecule has 2 aliphatic heterocycles. The Balaban J connectivity index is 1.60. The van der Waals surface area contributed by atoms with E-state index in [0.29, 0.717) is 45.1 Å². The van der Waals surface area contributed by atoms with Crippen LogP contribution in [0.1, 0.15) is 33.4 Å². The number of hydrogen-bond donors (Lipinski definition) is 0. The van der Waals surface area contributed by atoms with Gasteiger partial charge in [-0.05, 0) is 12.1 Å². The summed E-state index contributed by atoms with van der Waals surface area (Å²) >= 11 is 0. The molecule has 0 amide bonds. The largest absolute Gasteiger partial charge is 0.277 e. The molecule has 8 rings (SSSR count). The molecule has 10 nitrogen and oxygen atoms in total. The zero-order valence-electron chi connectivity index (χ0n) is 27.5. The van der Waals surface area contributed by atoms with Gasteiger partial charge in [0.1, 0.15) is 0 Å². The van der Waals surface area contributed by atoms with E-state index in [4.69, 9.17) is 20.0 Å². The maximum Gasteiger partial charge on any atom is 0.277 e. The van der Waals surface area contributed by atoms with Crippen LogP contribution in [0.25, 0.3) is 0 Å². The Bertz CT molecular complexity index is 2180. The van der Waals surface area contributed by atoms with Crippen LogP contribution in [-0.2, 0) is 11.3 Å². The van der Waals surface area contributed by atoms with Gasteiger partial charge in [0.2, 0.25) is 11.3 Å². The minimum atomic E-state index is -2.06. The molecule has 0 atom stereocenters. The molecule has 0 saturated heterocycles. The van der Waals surface area contributed by atoms with Gasteiger partial charge in [-0.15, -0.1) is 0 Å². The van der Waals surface area contributed by atoms with E-state index in [1.54, 1.807) is 36.4 Å². The molecule has 0 saturated carbocycles. The van der Waals surface area contributed by atoms with Gasteiger partial charge in [0.15, 0.2) is 0 Å². The molecule has 0 bridgehead atoms. The number of benzene rings is 6. The minimum absolute atomic E-state index is 0.0757. The van der Waals surface area contributed by atoms with E-state index in [0.717, 1.165) is 0 Å². The fourth-order valence-electron chi connectivity index (χ4n) is 6.88. The van der Waals surface area contributed by atoms with Crippen molar-refractivity contribution in [3.05, 3.63) is 223 Å². The molecule has 0 unspecified atom stereocenters. The zero-order valence-corrected chi connectivity index (χ0v) is 27.5. The molecule has 0 spiro atoms. The Labute approximate surface area is 298 Å². The monoisotopic (exact) mass is 680 g/mol. The lowest BCUT2D eigenvalue weighted by atomic mass is 9.80. The standard InChI is InChI=1S/C42H28N6O4/c49-47(50)35-27-15-13-25-33(35)41(43-37(29-17-5-1-6-18-29)38(44-41)30-19-7-2-8-20-30)42(34-26-14-16-28-36(34)48(51)52)45-39(31-21-9-3-10-22-31)40(46-42)32-23-11-4-12-24-32/h1-28H. The van der Waals surface area contributed by atoms with Gasteiger partial charge in [0, 0.05) is 34.4 Å². The summed E-state index contributed by atoms with van der Waals surface area (Å²) in [6.07, 6.45) is 0. The van der Waals surface area contributed by atoms with Crippen LogP contribution in [-0.4, -0.2) is 32.7 Å². The van der Waals surface area contributed by atoms with Crippen molar-refractivity contribution in [1.82, 2.24) is 0 Å². The van der Waals surface area contributed by atoms with Crippen molar-refractivity contribution in [3.63, 3.8) is 0 Å². The Morgan fingerprint density at radius 2 is 0.577 bits per heavy atom. The van der Waals surface area contributed by atoms with Crippen molar-refractivity contribution in [3.8, 4) is 0 Å². The van der Waals surface area contributed by atoms with Gasteiger partial charge in [0.05, 0.1) is 43.8 Å². The molecule has 0 aromatic heterocycles. The van der Waals surface area contributed by atoms with Gasteiger partial charge in [0.25, 0.3) is 11.4 Å². The summed E-state index contributed by atoms with van der Waals surface area (Å²) in [5.41, 5.74) is -0.0210. The van der Waals surface area contributed by atoms with E-state index < -0.39 is 21.2 Å². The maximum absolute atomic E-state index is 13.0. The molecule has 6 aromatic rings. The average molecular weight is 681 g/mol. The van der Waals surface area contributed by atoms with E-state index in [1.165, 1.54) is 12.1 Å². The SMILES string of the molecule is O=[N+]([O-])c1ccccc1C1(C2(c3ccccc3[N+](=O)[O-])N=C(c3ccccc3)C(c3ccccc3)=N2)N=C(c2ccccc2)C(c2ccccc2)=N1. The van der Waals surface area contributed by atoms with Gasteiger partial charge in [-0.3, -0.25) is 20.2 Å². The summed E-state index contributed by atoms with van der Waals surface area (Å²) in [6, 6.07) is 50.0. The number of nitro groups is 2. The molecular formula is C42H28N6O4. The van der Waals surface area contributed by atoms with E-state index in [2.05, 4.69) is 0 Å². The van der Waals surface area contributed by atoms with Gasteiger partial charge < -0.3 is 0 Å². The first-order valence-electron chi connectivity index (χ1n) is 16.5. The summed E-state index contributed by atoms with van der Waals surface area (Å²) in [5, 5.41) is 25.9. The smallest absolute Gasteiger partial charge is 0.258 e. The summed E-state index contributed by atoms with van der Waals surface area (Å²) in [5.74, 6) is 0. The Hall–Kier alpha value is -7.20. The topological polar surface area (TPSA) is 136 Å². The summed E-state index contributed by atoms with van der Waals surface area (Å²) < 4.78 is 0.